The summed E-state index contributed by atoms with van der Waals surface area (Å²) >= 11 is 5.38. The first-order chi connectivity index (χ1) is 6.67. The van der Waals surface area contributed by atoms with Crippen LogP contribution in [0.2, 0.25) is 0 Å². The maximum Gasteiger partial charge on any atom is 0.0730 e. The molecule has 0 saturated carbocycles. The van der Waals surface area contributed by atoms with Crippen LogP contribution in [0.4, 0.5) is 0 Å². The number of rotatable bonds is 5. The molecule has 0 atom stereocenters. The molecule has 1 nitrogen and oxygen atoms in total. The number of nitrogens with one attached hydrogen (secondary N) is 1. The van der Waals surface area contributed by atoms with Gasteiger partial charge in [-0.3, -0.25) is 0 Å². The van der Waals surface area contributed by atoms with E-state index < -0.39 is 0 Å². The zero-order valence-electron chi connectivity index (χ0n) is 9.06. The molecule has 0 aliphatic heterocycles. The minimum Gasteiger partial charge on any atom is -0.309 e. The summed E-state index contributed by atoms with van der Waals surface area (Å²) in [4.78, 5) is 1.42. The van der Waals surface area contributed by atoms with Gasteiger partial charge in [-0.15, -0.1) is 11.3 Å². The molecule has 0 spiro atoms. The van der Waals surface area contributed by atoms with E-state index in [1.165, 1.54) is 27.1 Å². The molecule has 3 heteroatoms. The molecule has 14 heavy (non-hydrogen) atoms. The van der Waals surface area contributed by atoms with Crippen molar-refractivity contribution >= 4 is 27.3 Å². The molecule has 0 aromatic carbocycles. The van der Waals surface area contributed by atoms with Crippen LogP contribution >= 0.6 is 27.3 Å². The Bertz CT molecular complexity index is 259. The summed E-state index contributed by atoms with van der Waals surface area (Å²) in [5, 5.41) is 3.57. The van der Waals surface area contributed by atoms with Crippen LogP contribution in [0.5, 0.6) is 0 Å². The fourth-order valence-electron chi connectivity index (χ4n) is 1.43. The minimum atomic E-state index is 0.663. The average Bonchev–Trinajstić information content (AvgIpc) is 2.48. The fraction of sp³-hybridized carbons (Fsp3) is 0.636. The lowest BCUT2D eigenvalue weighted by atomic mass is 10.2. The quantitative estimate of drug-likeness (QED) is 0.853. The Morgan fingerprint density at radius 1 is 1.43 bits per heavy atom. The van der Waals surface area contributed by atoms with Gasteiger partial charge in [0.25, 0.3) is 0 Å². The highest BCUT2D eigenvalue weighted by Gasteiger charge is 2.05. The molecule has 1 heterocycles. The van der Waals surface area contributed by atoms with Gasteiger partial charge in [0.1, 0.15) is 0 Å². The van der Waals surface area contributed by atoms with Crippen molar-refractivity contribution in [3.05, 3.63) is 20.3 Å². The van der Waals surface area contributed by atoms with Crippen molar-refractivity contribution in [1.29, 1.82) is 0 Å². The maximum absolute atomic E-state index is 3.57. The van der Waals surface area contributed by atoms with Crippen LogP contribution in [-0.4, -0.2) is 6.04 Å². The Labute approximate surface area is 99.0 Å². The second kappa shape index (κ2) is 5.89. The summed E-state index contributed by atoms with van der Waals surface area (Å²) < 4.78 is 1.26. The van der Waals surface area contributed by atoms with Gasteiger partial charge in [0.05, 0.1) is 3.79 Å². The number of hydrogen-bond donors (Lipinski definition) is 1. The highest BCUT2D eigenvalue weighted by Crippen LogP contribution is 2.27. The van der Waals surface area contributed by atoms with E-state index in [4.69, 9.17) is 0 Å². The molecule has 0 aliphatic carbocycles. The van der Waals surface area contributed by atoms with E-state index in [0.717, 1.165) is 6.54 Å². The van der Waals surface area contributed by atoms with Gasteiger partial charge < -0.3 is 5.32 Å². The Morgan fingerprint density at radius 2 is 2.07 bits per heavy atom. The van der Waals surface area contributed by atoms with Crippen LogP contribution in [-0.2, 0) is 6.54 Å². The number of aryl methyl sites for hydroxylation is 1. The van der Waals surface area contributed by atoms with E-state index in [0.29, 0.717) is 6.04 Å². The van der Waals surface area contributed by atoms with E-state index in [2.05, 4.69) is 48.1 Å². The number of halogens is 1. The molecule has 0 unspecified atom stereocenters. The predicted molar refractivity (Wildman–Crippen MR) is 68.0 cm³/mol. The third kappa shape index (κ3) is 3.37. The van der Waals surface area contributed by atoms with Gasteiger partial charge in [0.15, 0.2) is 0 Å². The summed E-state index contributed by atoms with van der Waals surface area (Å²) in [6.07, 6.45) is 2.42. The van der Waals surface area contributed by atoms with E-state index in [1.807, 2.05) is 11.3 Å². The van der Waals surface area contributed by atoms with E-state index in [1.54, 1.807) is 0 Å². The van der Waals surface area contributed by atoms with Crippen molar-refractivity contribution in [2.75, 3.05) is 0 Å². The molecule has 80 valence electrons. The summed E-state index contributed by atoms with van der Waals surface area (Å²) in [6, 6.07) is 2.92. The first-order valence-corrected chi connectivity index (χ1v) is 6.76. The summed E-state index contributed by atoms with van der Waals surface area (Å²) in [5.74, 6) is 0. The zero-order chi connectivity index (χ0) is 10.6. The summed E-state index contributed by atoms with van der Waals surface area (Å²) in [6.45, 7) is 7.61. The molecule has 0 amide bonds. The van der Waals surface area contributed by atoms with Crippen molar-refractivity contribution in [3.8, 4) is 0 Å². The van der Waals surface area contributed by atoms with Gasteiger partial charge in [0.2, 0.25) is 0 Å². The fourth-order valence-corrected chi connectivity index (χ4v) is 3.01. The van der Waals surface area contributed by atoms with Gasteiger partial charge in [-0.25, -0.2) is 0 Å². The van der Waals surface area contributed by atoms with Crippen LogP contribution < -0.4 is 5.32 Å². The van der Waals surface area contributed by atoms with Crippen molar-refractivity contribution in [2.45, 2.75) is 46.2 Å². The summed E-state index contributed by atoms with van der Waals surface area (Å²) in [5.41, 5.74) is 1.34. The average molecular weight is 276 g/mol. The Morgan fingerprint density at radius 3 is 2.50 bits per heavy atom. The molecular formula is C11H18BrNS. The molecule has 1 aromatic rings. The van der Waals surface area contributed by atoms with Crippen LogP contribution in [0.15, 0.2) is 9.85 Å². The standard InChI is InChI=1S/C11H18BrNS/c1-4-9(5-2)13-7-10-6-8(3)11(12)14-10/h6,9,13H,4-5,7H2,1-3H3. The van der Waals surface area contributed by atoms with Crippen LogP contribution in [0.25, 0.3) is 0 Å². The molecule has 0 aliphatic rings. The predicted octanol–water partition coefficient (Wildman–Crippen LogP) is 4.10. The lowest BCUT2D eigenvalue weighted by molar-refractivity contribution is 0.486. The topological polar surface area (TPSA) is 12.0 Å². The zero-order valence-corrected chi connectivity index (χ0v) is 11.5. The molecular weight excluding hydrogens is 258 g/mol. The van der Waals surface area contributed by atoms with Gasteiger partial charge in [-0.2, -0.15) is 0 Å². The van der Waals surface area contributed by atoms with Crippen molar-refractivity contribution in [3.63, 3.8) is 0 Å². The first kappa shape index (κ1) is 12.2. The molecule has 0 radical (unpaired) electrons. The van der Waals surface area contributed by atoms with Gasteiger partial charge in [-0.05, 0) is 47.3 Å². The van der Waals surface area contributed by atoms with E-state index in [9.17, 15) is 0 Å². The molecule has 1 N–H and O–H groups in total. The second-order valence-electron chi connectivity index (χ2n) is 3.56. The third-order valence-electron chi connectivity index (χ3n) is 2.46. The Balaban J connectivity index is 2.45. The van der Waals surface area contributed by atoms with Crippen molar-refractivity contribution in [1.82, 2.24) is 5.32 Å². The minimum absolute atomic E-state index is 0.663. The Kier molecular flexibility index (Phi) is 5.13. The maximum atomic E-state index is 3.57. The third-order valence-corrected chi connectivity index (χ3v) is 4.60. The normalized spacial score (nSPS) is 11.2. The van der Waals surface area contributed by atoms with Gasteiger partial charge in [-0.1, -0.05) is 13.8 Å². The number of hydrogen-bond acceptors (Lipinski definition) is 2. The van der Waals surface area contributed by atoms with Gasteiger partial charge >= 0.3 is 0 Å². The van der Waals surface area contributed by atoms with Gasteiger partial charge in [0, 0.05) is 17.5 Å². The largest absolute Gasteiger partial charge is 0.309 e. The van der Waals surface area contributed by atoms with Crippen LogP contribution in [0.3, 0.4) is 0 Å². The highest BCUT2D eigenvalue weighted by atomic mass is 79.9. The van der Waals surface area contributed by atoms with E-state index in [-0.39, 0.29) is 0 Å². The second-order valence-corrected chi connectivity index (χ2v) is 6.02. The molecule has 0 fully saturated rings. The summed E-state index contributed by atoms with van der Waals surface area (Å²) in [7, 11) is 0. The van der Waals surface area contributed by atoms with Crippen LogP contribution in [0.1, 0.15) is 37.1 Å². The monoisotopic (exact) mass is 275 g/mol. The van der Waals surface area contributed by atoms with Crippen molar-refractivity contribution in [2.24, 2.45) is 0 Å². The lowest BCUT2D eigenvalue weighted by Crippen LogP contribution is -2.26. The van der Waals surface area contributed by atoms with E-state index >= 15 is 0 Å². The SMILES string of the molecule is CCC(CC)NCc1cc(C)c(Br)s1. The van der Waals surface area contributed by atoms with Crippen LogP contribution in [0, 0.1) is 6.92 Å². The lowest BCUT2D eigenvalue weighted by Gasteiger charge is -2.13. The highest BCUT2D eigenvalue weighted by molar-refractivity contribution is 9.11. The molecule has 1 aromatic heterocycles. The number of thiophene rings is 1. The smallest absolute Gasteiger partial charge is 0.0730 e. The molecule has 1 rings (SSSR count). The molecule has 0 bridgehead atoms. The first-order valence-electron chi connectivity index (χ1n) is 5.15. The van der Waals surface area contributed by atoms with Crippen molar-refractivity contribution < 1.29 is 0 Å². The molecule has 0 saturated heterocycles. The Hall–Kier alpha value is 0.140.